The SMILES string of the molecule is Cc1cc(CC(=O)N2C[C@@H]3C[C@H](C2)c2ccc(CN4CCCCC4)c(=O)n2C3)on1. The van der Waals surface area contributed by atoms with Gasteiger partial charge >= 0.3 is 0 Å². The molecule has 2 aromatic heterocycles. The molecule has 0 aromatic carbocycles. The van der Waals surface area contributed by atoms with Crippen LogP contribution in [0.4, 0.5) is 0 Å². The molecule has 0 unspecified atom stereocenters. The van der Waals surface area contributed by atoms with Gasteiger partial charge < -0.3 is 14.0 Å². The van der Waals surface area contributed by atoms with E-state index < -0.39 is 0 Å². The number of aromatic nitrogens is 2. The third kappa shape index (κ3) is 3.83. The van der Waals surface area contributed by atoms with Gasteiger partial charge in [-0.3, -0.25) is 14.5 Å². The van der Waals surface area contributed by atoms with Crippen molar-refractivity contribution in [2.24, 2.45) is 5.92 Å². The molecule has 1 amide bonds. The Hall–Kier alpha value is -2.41. The van der Waals surface area contributed by atoms with Gasteiger partial charge in [-0.2, -0.15) is 0 Å². The topological polar surface area (TPSA) is 71.6 Å². The van der Waals surface area contributed by atoms with Crippen LogP contribution >= 0.6 is 0 Å². The highest BCUT2D eigenvalue weighted by atomic mass is 16.5. The summed E-state index contributed by atoms with van der Waals surface area (Å²) in [6, 6.07) is 5.98. The first-order valence-corrected chi connectivity index (χ1v) is 11.2. The van der Waals surface area contributed by atoms with Crippen LogP contribution in [0.25, 0.3) is 0 Å². The minimum absolute atomic E-state index is 0.0818. The lowest BCUT2D eigenvalue weighted by Crippen LogP contribution is -2.50. The highest BCUT2D eigenvalue weighted by Gasteiger charge is 2.36. The second-order valence-electron chi connectivity index (χ2n) is 9.24. The molecule has 0 saturated carbocycles. The van der Waals surface area contributed by atoms with E-state index in [-0.39, 0.29) is 23.8 Å². The standard InChI is InChI=1S/C23H30N4O3/c1-16-9-20(30-24-16)11-22(28)26-12-17-10-19(15-26)21-6-5-18(23(29)27(21)13-17)14-25-7-3-2-4-8-25/h5-6,9,17,19H,2-4,7-8,10-15H2,1H3/t17-,19+/m0/s1. The van der Waals surface area contributed by atoms with Gasteiger partial charge in [0.15, 0.2) is 0 Å². The van der Waals surface area contributed by atoms with E-state index in [2.05, 4.69) is 16.1 Å². The molecule has 3 aliphatic rings. The first-order chi connectivity index (χ1) is 14.6. The maximum absolute atomic E-state index is 13.2. The summed E-state index contributed by atoms with van der Waals surface area (Å²) in [6.45, 7) is 6.90. The molecule has 2 bridgehead atoms. The Bertz CT molecular complexity index is 989. The minimum atomic E-state index is 0.0818. The molecule has 0 aliphatic carbocycles. The van der Waals surface area contributed by atoms with Crippen molar-refractivity contribution >= 4 is 5.91 Å². The van der Waals surface area contributed by atoms with Gasteiger partial charge in [0.2, 0.25) is 5.91 Å². The normalized spacial score (nSPS) is 24.0. The van der Waals surface area contributed by atoms with Crippen molar-refractivity contribution in [3.8, 4) is 0 Å². The summed E-state index contributed by atoms with van der Waals surface area (Å²) in [5.41, 5.74) is 2.97. The lowest BCUT2D eigenvalue weighted by Gasteiger charge is -2.43. The fourth-order valence-electron chi connectivity index (χ4n) is 5.43. The summed E-state index contributed by atoms with van der Waals surface area (Å²) in [5.74, 6) is 1.26. The number of fused-ring (bicyclic) bond motifs is 4. The Morgan fingerprint density at radius 1 is 1.17 bits per heavy atom. The summed E-state index contributed by atoms with van der Waals surface area (Å²) in [4.78, 5) is 30.4. The number of rotatable bonds is 4. The van der Waals surface area contributed by atoms with Crippen LogP contribution in [0.15, 0.2) is 27.5 Å². The molecule has 3 aliphatic heterocycles. The van der Waals surface area contributed by atoms with Crippen molar-refractivity contribution in [2.75, 3.05) is 26.2 Å². The van der Waals surface area contributed by atoms with Crippen LogP contribution in [-0.2, 0) is 24.3 Å². The van der Waals surface area contributed by atoms with Crippen LogP contribution in [0.2, 0.25) is 0 Å². The first-order valence-electron chi connectivity index (χ1n) is 11.2. The van der Waals surface area contributed by atoms with Crippen molar-refractivity contribution in [1.29, 1.82) is 0 Å². The Morgan fingerprint density at radius 2 is 2.00 bits per heavy atom. The molecule has 0 N–H and O–H groups in total. The second kappa shape index (κ2) is 8.02. The molecule has 2 aromatic rings. The smallest absolute Gasteiger partial charge is 0.255 e. The number of piperidine rings is 2. The average molecular weight is 411 g/mol. The predicted octanol–water partition coefficient (Wildman–Crippen LogP) is 2.32. The van der Waals surface area contributed by atoms with Crippen LogP contribution in [0.3, 0.4) is 0 Å². The maximum atomic E-state index is 13.2. The Kier molecular flexibility index (Phi) is 5.23. The van der Waals surface area contributed by atoms with Crippen LogP contribution in [0, 0.1) is 12.8 Å². The third-order valence-electron chi connectivity index (χ3n) is 6.88. The van der Waals surface area contributed by atoms with Crippen LogP contribution in [-0.4, -0.2) is 51.6 Å². The van der Waals surface area contributed by atoms with E-state index in [0.717, 1.165) is 43.0 Å². The van der Waals surface area contributed by atoms with E-state index in [1.165, 1.54) is 19.3 Å². The lowest BCUT2D eigenvalue weighted by atomic mass is 9.82. The van der Waals surface area contributed by atoms with Gasteiger partial charge in [-0.05, 0) is 51.3 Å². The molecule has 7 nitrogen and oxygen atoms in total. The number of carbonyl (C=O) groups excluding carboxylic acids is 1. The van der Waals surface area contributed by atoms with Gasteiger partial charge in [-0.25, -0.2) is 0 Å². The quantitative estimate of drug-likeness (QED) is 0.774. The molecule has 30 heavy (non-hydrogen) atoms. The molecule has 160 valence electrons. The van der Waals surface area contributed by atoms with Gasteiger partial charge in [-0.1, -0.05) is 17.6 Å². The summed E-state index contributed by atoms with van der Waals surface area (Å²) in [6.07, 6.45) is 5.06. The van der Waals surface area contributed by atoms with E-state index in [1.54, 1.807) is 0 Å². The van der Waals surface area contributed by atoms with Gasteiger partial charge in [0.1, 0.15) is 5.76 Å². The summed E-state index contributed by atoms with van der Waals surface area (Å²) < 4.78 is 7.22. The highest BCUT2D eigenvalue weighted by molar-refractivity contribution is 5.78. The number of aryl methyl sites for hydroxylation is 1. The van der Waals surface area contributed by atoms with Crippen molar-refractivity contribution in [3.05, 3.63) is 51.3 Å². The minimum Gasteiger partial charge on any atom is -0.361 e. The molecule has 5 heterocycles. The monoisotopic (exact) mass is 410 g/mol. The molecule has 2 atom stereocenters. The van der Waals surface area contributed by atoms with Gasteiger partial charge in [0.05, 0.1) is 12.1 Å². The molecule has 2 fully saturated rings. The summed E-state index contributed by atoms with van der Waals surface area (Å²) in [5, 5.41) is 3.87. The van der Waals surface area contributed by atoms with E-state index in [4.69, 9.17) is 4.52 Å². The number of amides is 1. The molecular weight excluding hydrogens is 380 g/mol. The van der Waals surface area contributed by atoms with Gasteiger partial charge in [0.25, 0.3) is 5.56 Å². The van der Waals surface area contributed by atoms with Crippen molar-refractivity contribution < 1.29 is 9.32 Å². The molecular formula is C23H30N4O3. The van der Waals surface area contributed by atoms with Crippen molar-refractivity contribution in [3.63, 3.8) is 0 Å². The van der Waals surface area contributed by atoms with Crippen LogP contribution in [0.1, 0.15) is 54.3 Å². The number of nitrogens with zero attached hydrogens (tertiary/aromatic N) is 4. The molecule has 5 rings (SSSR count). The highest BCUT2D eigenvalue weighted by Crippen LogP contribution is 2.35. The molecule has 0 spiro atoms. The van der Waals surface area contributed by atoms with Crippen LogP contribution in [0.5, 0.6) is 0 Å². The van der Waals surface area contributed by atoms with Crippen molar-refractivity contribution in [2.45, 2.75) is 58.0 Å². The van der Waals surface area contributed by atoms with Gasteiger partial charge in [0, 0.05) is 49.4 Å². The molecule has 2 saturated heterocycles. The summed E-state index contributed by atoms with van der Waals surface area (Å²) in [7, 11) is 0. The predicted molar refractivity (Wildman–Crippen MR) is 112 cm³/mol. The summed E-state index contributed by atoms with van der Waals surface area (Å²) >= 11 is 0. The van der Waals surface area contributed by atoms with Gasteiger partial charge in [-0.15, -0.1) is 0 Å². The molecule has 0 radical (unpaired) electrons. The van der Waals surface area contributed by atoms with E-state index in [1.807, 2.05) is 28.5 Å². The van der Waals surface area contributed by atoms with E-state index >= 15 is 0 Å². The first kappa shape index (κ1) is 19.5. The number of hydrogen-bond donors (Lipinski definition) is 0. The number of carbonyl (C=O) groups is 1. The lowest BCUT2D eigenvalue weighted by molar-refractivity contribution is -0.133. The third-order valence-corrected chi connectivity index (χ3v) is 6.88. The van der Waals surface area contributed by atoms with Crippen LogP contribution < -0.4 is 5.56 Å². The largest absolute Gasteiger partial charge is 0.361 e. The number of likely N-dealkylation sites (tertiary alicyclic amines) is 2. The Morgan fingerprint density at radius 3 is 2.77 bits per heavy atom. The van der Waals surface area contributed by atoms with E-state index in [0.29, 0.717) is 31.3 Å². The Labute approximate surface area is 176 Å². The number of hydrogen-bond acceptors (Lipinski definition) is 5. The fourth-order valence-corrected chi connectivity index (χ4v) is 5.43. The average Bonchev–Trinajstić information content (AvgIpc) is 3.15. The zero-order valence-electron chi connectivity index (χ0n) is 17.7. The second-order valence-corrected chi connectivity index (χ2v) is 9.24. The van der Waals surface area contributed by atoms with Crippen molar-refractivity contribution in [1.82, 2.24) is 19.5 Å². The molecule has 7 heteroatoms. The Balaban J connectivity index is 1.32. The zero-order valence-corrected chi connectivity index (χ0v) is 17.7. The van der Waals surface area contributed by atoms with E-state index in [9.17, 15) is 9.59 Å². The fraction of sp³-hybridized carbons (Fsp3) is 0.609. The maximum Gasteiger partial charge on any atom is 0.255 e. The zero-order chi connectivity index (χ0) is 20.7. The number of pyridine rings is 1.